The number of aromatic amines is 1. The SMILES string of the molecule is CN(c1cccc2cc(-c3ncc(CN4CCCC(C(=O)N5CCCC5)C4)s3)[nH]c12)S(=O)(=O)c1cccs1. The zero-order valence-corrected chi connectivity index (χ0v) is 23.7. The second kappa shape index (κ2) is 10.4. The summed E-state index contributed by atoms with van der Waals surface area (Å²) in [7, 11) is -2.05. The van der Waals surface area contributed by atoms with E-state index in [1.54, 1.807) is 35.9 Å². The molecule has 0 spiro atoms. The van der Waals surface area contributed by atoms with E-state index in [4.69, 9.17) is 0 Å². The number of fused-ring (bicyclic) bond motifs is 1. The predicted molar refractivity (Wildman–Crippen MR) is 153 cm³/mol. The van der Waals surface area contributed by atoms with Gasteiger partial charge in [0.1, 0.15) is 9.22 Å². The summed E-state index contributed by atoms with van der Waals surface area (Å²) in [4.78, 5) is 26.6. The number of carbonyl (C=O) groups excluding carboxylic acids is 1. The molecule has 3 aromatic heterocycles. The Kier molecular flexibility index (Phi) is 7.02. The maximum absolute atomic E-state index is 13.1. The first kappa shape index (κ1) is 25.5. The van der Waals surface area contributed by atoms with Crippen LogP contribution in [0.5, 0.6) is 0 Å². The van der Waals surface area contributed by atoms with Crippen LogP contribution in [0.2, 0.25) is 0 Å². The fourth-order valence-electron chi connectivity index (χ4n) is 5.51. The van der Waals surface area contributed by atoms with Gasteiger partial charge in [-0.2, -0.15) is 0 Å². The molecular weight excluding hydrogens is 539 g/mol. The number of hydrogen-bond acceptors (Lipinski definition) is 7. The molecule has 6 rings (SSSR count). The second-order valence-corrected chi connectivity index (χ2v) is 14.3. The maximum atomic E-state index is 13.1. The molecule has 0 radical (unpaired) electrons. The van der Waals surface area contributed by atoms with Crippen LogP contribution in [0, 0.1) is 5.92 Å². The number of sulfonamides is 1. The van der Waals surface area contributed by atoms with Crippen molar-refractivity contribution in [1.82, 2.24) is 19.8 Å². The molecule has 1 unspecified atom stereocenters. The van der Waals surface area contributed by atoms with Crippen LogP contribution in [0.25, 0.3) is 21.6 Å². The number of para-hydroxylation sites is 1. The maximum Gasteiger partial charge on any atom is 0.273 e. The van der Waals surface area contributed by atoms with Crippen LogP contribution >= 0.6 is 22.7 Å². The van der Waals surface area contributed by atoms with E-state index < -0.39 is 10.0 Å². The van der Waals surface area contributed by atoms with Crippen molar-refractivity contribution in [2.24, 2.45) is 5.92 Å². The molecule has 1 atom stereocenters. The van der Waals surface area contributed by atoms with Gasteiger partial charge in [-0.1, -0.05) is 18.2 Å². The number of anilines is 1. The Labute approximate surface area is 231 Å². The lowest BCUT2D eigenvalue weighted by atomic mass is 9.96. The predicted octanol–water partition coefficient (Wildman–Crippen LogP) is 5.01. The van der Waals surface area contributed by atoms with Gasteiger partial charge in [-0.25, -0.2) is 13.4 Å². The van der Waals surface area contributed by atoms with Crippen molar-refractivity contribution in [2.75, 3.05) is 37.5 Å². The highest BCUT2D eigenvalue weighted by molar-refractivity contribution is 7.94. The molecule has 1 N–H and O–H groups in total. The number of nitrogens with one attached hydrogen (secondary N) is 1. The number of aromatic nitrogens is 2. The third-order valence-electron chi connectivity index (χ3n) is 7.52. The summed E-state index contributed by atoms with van der Waals surface area (Å²) in [5.74, 6) is 0.431. The highest BCUT2D eigenvalue weighted by Gasteiger charge is 2.31. The number of piperidine rings is 1. The lowest BCUT2D eigenvalue weighted by Gasteiger charge is -2.33. The molecule has 0 aliphatic carbocycles. The third-order valence-corrected chi connectivity index (χ3v) is 11.7. The van der Waals surface area contributed by atoms with Crippen LogP contribution < -0.4 is 4.31 Å². The van der Waals surface area contributed by atoms with Gasteiger partial charge in [-0.05, 0) is 55.8 Å². The van der Waals surface area contributed by atoms with Gasteiger partial charge in [0.05, 0.1) is 22.8 Å². The number of thiophene rings is 1. The van der Waals surface area contributed by atoms with Gasteiger partial charge in [0, 0.05) is 49.7 Å². The number of thiazole rings is 1. The molecule has 5 heterocycles. The molecule has 2 aliphatic rings. The molecule has 11 heteroatoms. The highest BCUT2D eigenvalue weighted by atomic mass is 32.2. The normalized spacial score (nSPS) is 18.9. The minimum absolute atomic E-state index is 0.101. The van der Waals surface area contributed by atoms with Crippen LogP contribution in [0.15, 0.2) is 52.2 Å². The summed E-state index contributed by atoms with van der Waals surface area (Å²) in [6.07, 6.45) is 6.20. The minimum atomic E-state index is -3.64. The Morgan fingerprint density at radius 1 is 1.16 bits per heavy atom. The first-order valence-electron chi connectivity index (χ1n) is 13.0. The molecule has 0 bridgehead atoms. The summed E-state index contributed by atoms with van der Waals surface area (Å²) in [6, 6.07) is 11.1. The van der Waals surface area contributed by atoms with Gasteiger partial charge in [-0.3, -0.25) is 14.0 Å². The van der Waals surface area contributed by atoms with Crippen LogP contribution in [0.1, 0.15) is 30.6 Å². The lowest BCUT2D eigenvalue weighted by molar-refractivity contribution is -0.136. The Balaban J connectivity index is 1.19. The number of carbonyl (C=O) groups is 1. The Bertz CT molecular complexity index is 1540. The van der Waals surface area contributed by atoms with Gasteiger partial charge < -0.3 is 9.88 Å². The average Bonchev–Trinajstić information content (AvgIpc) is 3.74. The van der Waals surface area contributed by atoms with Crippen LogP contribution in [0.3, 0.4) is 0 Å². The van der Waals surface area contributed by atoms with E-state index >= 15 is 0 Å². The summed E-state index contributed by atoms with van der Waals surface area (Å²) in [5.41, 5.74) is 2.23. The van der Waals surface area contributed by atoms with E-state index in [0.29, 0.717) is 15.8 Å². The van der Waals surface area contributed by atoms with E-state index in [1.165, 1.54) is 15.6 Å². The third kappa shape index (κ3) is 4.88. The van der Waals surface area contributed by atoms with Gasteiger partial charge in [0.2, 0.25) is 5.91 Å². The van der Waals surface area contributed by atoms with Crippen molar-refractivity contribution in [3.8, 4) is 10.7 Å². The van der Waals surface area contributed by atoms with Gasteiger partial charge in [0.25, 0.3) is 10.0 Å². The standard InChI is InChI=1S/C27H31N5O3S3/c1-30(38(34,35)24-10-6-14-36-24)23-9-4-7-19-15-22(29-25(19)23)26-28-16-21(37-26)18-31-11-5-8-20(17-31)27(33)32-12-2-3-13-32/h4,6-7,9-10,14-16,20,29H,2-3,5,8,11-13,17-18H2,1H3. The fourth-order valence-corrected chi connectivity index (χ4v) is 8.81. The summed E-state index contributed by atoms with van der Waals surface area (Å²) in [6.45, 7) is 4.42. The molecule has 200 valence electrons. The van der Waals surface area contributed by atoms with Gasteiger partial charge >= 0.3 is 0 Å². The first-order valence-corrected chi connectivity index (χ1v) is 16.1. The van der Waals surface area contributed by atoms with E-state index in [-0.39, 0.29) is 5.92 Å². The fraction of sp³-hybridized carbons (Fsp3) is 0.407. The number of amides is 1. The quantitative estimate of drug-likeness (QED) is 0.338. The molecule has 38 heavy (non-hydrogen) atoms. The van der Waals surface area contributed by atoms with Gasteiger partial charge in [-0.15, -0.1) is 22.7 Å². The van der Waals surface area contributed by atoms with Crippen LogP contribution in [0.4, 0.5) is 5.69 Å². The van der Waals surface area contributed by atoms with E-state index in [1.807, 2.05) is 35.4 Å². The van der Waals surface area contributed by atoms with E-state index in [9.17, 15) is 13.2 Å². The van der Waals surface area contributed by atoms with Crippen LogP contribution in [-0.4, -0.2) is 67.3 Å². The first-order chi connectivity index (χ1) is 18.4. The van der Waals surface area contributed by atoms with Crippen LogP contribution in [-0.2, 0) is 21.4 Å². The topological polar surface area (TPSA) is 89.6 Å². The minimum Gasteiger partial charge on any atom is -0.351 e. The van der Waals surface area contributed by atoms with Crippen molar-refractivity contribution in [2.45, 2.75) is 36.4 Å². The molecular formula is C27H31N5O3S3. The number of rotatable bonds is 7. The highest BCUT2D eigenvalue weighted by Crippen LogP contribution is 2.35. The van der Waals surface area contributed by atoms with Crippen molar-refractivity contribution in [1.29, 1.82) is 0 Å². The number of hydrogen-bond donors (Lipinski definition) is 1. The zero-order valence-electron chi connectivity index (χ0n) is 21.3. The molecule has 2 saturated heterocycles. The molecule has 2 fully saturated rings. The number of benzene rings is 1. The smallest absolute Gasteiger partial charge is 0.273 e. The van der Waals surface area contributed by atoms with E-state index in [2.05, 4.69) is 14.9 Å². The van der Waals surface area contributed by atoms with E-state index in [0.717, 1.165) is 84.9 Å². The Morgan fingerprint density at radius 3 is 2.79 bits per heavy atom. The lowest BCUT2D eigenvalue weighted by Crippen LogP contribution is -2.43. The summed E-state index contributed by atoms with van der Waals surface area (Å²) in [5, 5.41) is 3.57. The summed E-state index contributed by atoms with van der Waals surface area (Å²) < 4.78 is 27.9. The van der Waals surface area contributed by atoms with Crippen molar-refractivity contribution in [3.63, 3.8) is 0 Å². The molecule has 0 saturated carbocycles. The molecule has 1 aromatic carbocycles. The number of nitrogens with zero attached hydrogens (tertiary/aromatic N) is 4. The average molecular weight is 570 g/mol. The zero-order chi connectivity index (χ0) is 26.3. The molecule has 4 aromatic rings. The number of H-pyrrole nitrogens is 1. The van der Waals surface area contributed by atoms with Crippen molar-refractivity contribution >= 4 is 55.2 Å². The van der Waals surface area contributed by atoms with Gasteiger partial charge in [0.15, 0.2) is 0 Å². The molecule has 2 aliphatic heterocycles. The molecule has 8 nitrogen and oxygen atoms in total. The molecule has 1 amide bonds. The Hall–Kier alpha value is -2.73. The number of likely N-dealkylation sites (tertiary alicyclic amines) is 2. The Morgan fingerprint density at radius 2 is 2.00 bits per heavy atom. The largest absolute Gasteiger partial charge is 0.351 e. The van der Waals surface area contributed by atoms with Crippen molar-refractivity contribution in [3.05, 3.63) is 52.9 Å². The second-order valence-electron chi connectivity index (χ2n) is 10.1. The van der Waals surface area contributed by atoms with Crippen molar-refractivity contribution < 1.29 is 13.2 Å². The monoisotopic (exact) mass is 569 g/mol. The summed E-state index contributed by atoms with van der Waals surface area (Å²) >= 11 is 2.85.